The summed E-state index contributed by atoms with van der Waals surface area (Å²) in [6.45, 7) is 2.35. The topological polar surface area (TPSA) is 73.4 Å². The lowest BCUT2D eigenvalue weighted by Gasteiger charge is -2.21. The van der Waals surface area contributed by atoms with Crippen LogP contribution in [0, 0.1) is 6.92 Å². The number of amides is 1. The molecule has 1 amide bonds. The lowest BCUT2D eigenvalue weighted by Crippen LogP contribution is -2.40. The quantitative estimate of drug-likeness (QED) is 0.880. The van der Waals surface area contributed by atoms with Gasteiger partial charge >= 0.3 is 5.97 Å². The molecule has 20 heavy (non-hydrogen) atoms. The average molecular weight is 272 g/mol. The van der Waals surface area contributed by atoms with Gasteiger partial charge in [-0.2, -0.15) is 0 Å². The Balaban J connectivity index is 2.04. The van der Waals surface area contributed by atoms with Crippen LogP contribution in [0.25, 0.3) is 10.9 Å². The Kier molecular flexibility index (Phi) is 2.97. The minimum absolute atomic E-state index is 0.190. The molecular weight excluding hydrogens is 256 g/mol. The zero-order valence-corrected chi connectivity index (χ0v) is 11.2. The van der Waals surface area contributed by atoms with Gasteiger partial charge in [-0.3, -0.25) is 4.79 Å². The molecule has 2 N–H and O–H groups in total. The van der Waals surface area contributed by atoms with E-state index in [0.29, 0.717) is 18.5 Å². The molecule has 0 radical (unpaired) electrons. The molecule has 2 aromatic rings. The molecule has 1 saturated heterocycles. The van der Waals surface area contributed by atoms with Crippen LogP contribution in [0.2, 0.25) is 0 Å². The van der Waals surface area contributed by atoms with Crippen molar-refractivity contribution in [2.75, 3.05) is 6.54 Å². The zero-order chi connectivity index (χ0) is 14.3. The number of likely N-dealkylation sites (tertiary alicyclic amines) is 1. The molecule has 0 aliphatic carbocycles. The van der Waals surface area contributed by atoms with E-state index in [9.17, 15) is 14.7 Å². The van der Waals surface area contributed by atoms with E-state index in [0.717, 1.165) is 23.0 Å². The highest BCUT2D eigenvalue weighted by atomic mass is 16.4. The van der Waals surface area contributed by atoms with E-state index in [2.05, 4.69) is 4.98 Å². The Hall–Kier alpha value is -2.30. The van der Waals surface area contributed by atoms with Crippen LogP contribution in [0.15, 0.2) is 24.3 Å². The van der Waals surface area contributed by atoms with Gasteiger partial charge in [-0.1, -0.05) is 18.2 Å². The van der Waals surface area contributed by atoms with Crippen LogP contribution in [0.5, 0.6) is 0 Å². The molecule has 1 aromatic carbocycles. The predicted molar refractivity (Wildman–Crippen MR) is 74.7 cm³/mol. The van der Waals surface area contributed by atoms with Crippen molar-refractivity contribution in [3.8, 4) is 0 Å². The third-order valence-electron chi connectivity index (χ3n) is 3.91. The maximum Gasteiger partial charge on any atom is 0.326 e. The number of H-pyrrole nitrogens is 1. The number of para-hydroxylation sites is 1. The molecule has 1 atom stereocenters. The number of nitrogens with zero attached hydrogens (tertiary/aromatic N) is 1. The number of nitrogens with one attached hydrogen (secondary N) is 1. The fourth-order valence-corrected chi connectivity index (χ4v) is 2.96. The summed E-state index contributed by atoms with van der Waals surface area (Å²) in [6, 6.07) is 6.89. The van der Waals surface area contributed by atoms with Crippen molar-refractivity contribution in [1.29, 1.82) is 0 Å². The molecule has 5 heteroatoms. The number of aryl methyl sites for hydroxylation is 1. The second-order valence-electron chi connectivity index (χ2n) is 5.17. The van der Waals surface area contributed by atoms with Crippen molar-refractivity contribution < 1.29 is 14.7 Å². The van der Waals surface area contributed by atoms with Crippen molar-refractivity contribution in [2.24, 2.45) is 0 Å². The minimum Gasteiger partial charge on any atom is -0.480 e. The summed E-state index contributed by atoms with van der Waals surface area (Å²) in [5.41, 5.74) is 2.28. The van der Waals surface area contributed by atoms with Gasteiger partial charge in [0.05, 0.1) is 5.56 Å². The van der Waals surface area contributed by atoms with Crippen molar-refractivity contribution in [3.05, 3.63) is 35.5 Å². The first-order valence-corrected chi connectivity index (χ1v) is 6.70. The molecule has 104 valence electrons. The normalized spacial score (nSPS) is 18.6. The van der Waals surface area contributed by atoms with Gasteiger partial charge in [0, 0.05) is 23.1 Å². The summed E-state index contributed by atoms with van der Waals surface area (Å²) in [4.78, 5) is 28.6. The maximum absolute atomic E-state index is 12.7. The van der Waals surface area contributed by atoms with E-state index in [1.165, 1.54) is 4.90 Å². The Labute approximate surface area is 116 Å². The van der Waals surface area contributed by atoms with Crippen molar-refractivity contribution in [1.82, 2.24) is 9.88 Å². The number of carbonyl (C=O) groups excluding carboxylic acids is 1. The average Bonchev–Trinajstić information content (AvgIpc) is 3.01. The van der Waals surface area contributed by atoms with Crippen LogP contribution < -0.4 is 0 Å². The van der Waals surface area contributed by atoms with Gasteiger partial charge in [0.2, 0.25) is 0 Å². The van der Waals surface area contributed by atoms with Gasteiger partial charge < -0.3 is 15.0 Å². The molecule has 1 aliphatic heterocycles. The van der Waals surface area contributed by atoms with Crippen LogP contribution in [0.4, 0.5) is 0 Å². The highest BCUT2D eigenvalue weighted by Crippen LogP contribution is 2.27. The predicted octanol–water partition coefficient (Wildman–Crippen LogP) is 2.17. The Bertz CT molecular complexity index is 689. The second kappa shape index (κ2) is 4.67. The van der Waals surface area contributed by atoms with Gasteiger partial charge in [-0.15, -0.1) is 0 Å². The van der Waals surface area contributed by atoms with E-state index in [-0.39, 0.29) is 5.91 Å². The van der Waals surface area contributed by atoms with E-state index < -0.39 is 12.0 Å². The van der Waals surface area contributed by atoms with Crippen molar-refractivity contribution >= 4 is 22.8 Å². The minimum atomic E-state index is -0.923. The third-order valence-corrected chi connectivity index (χ3v) is 3.91. The smallest absolute Gasteiger partial charge is 0.326 e. The molecule has 1 unspecified atom stereocenters. The first kappa shape index (κ1) is 12.7. The summed E-state index contributed by atoms with van der Waals surface area (Å²) in [5.74, 6) is -1.11. The number of hydrogen-bond acceptors (Lipinski definition) is 2. The van der Waals surface area contributed by atoms with E-state index >= 15 is 0 Å². The van der Waals surface area contributed by atoms with E-state index in [1.54, 1.807) is 0 Å². The maximum atomic E-state index is 12.7. The van der Waals surface area contributed by atoms with Gasteiger partial charge in [0.15, 0.2) is 0 Å². The number of hydrogen-bond donors (Lipinski definition) is 2. The molecule has 5 nitrogen and oxygen atoms in total. The first-order chi connectivity index (χ1) is 9.59. The second-order valence-corrected chi connectivity index (χ2v) is 5.17. The molecule has 0 bridgehead atoms. The van der Waals surface area contributed by atoms with Crippen LogP contribution in [-0.2, 0) is 4.79 Å². The van der Waals surface area contributed by atoms with Crippen LogP contribution in [0.3, 0.4) is 0 Å². The molecule has 3 rings (SSSR count). The lowest BCUT2D eigenvalue weighted by molar-refractivity contribution is -0.141. The highest BCUT2D eigenvalue weighted by molar-refractivity contribution is 6.09. The summed E-state index contributed by atoms with van der Waals surface area (Å²) >= 11 is 0. The van der Waals surface area contributed by atoms with E-state index in [4.69, 9.17) is 0 Å². The number of benzene rings is 1. The molecule has 1 aromatic heterocycles. The summed E-state index contributed by atoms with van der Waals surface area (Å²) in [7, 11) is 0. The van der Waals surface area contributed by atoms with Crippen molar-refractivity contribution in [2.45, 2.75) is 25.8 Å². The molecular formula is C15H16N2O3. The fourth-order valence-electron chi connectivity index (χ4n) is 2.96. The van der Waals surface area contributed by atoms with Crippen LogP contribution >= 0.6 is 0 Å². The standard InChI is InChI=1S/C15H16N2O3/c1-9-13(10-5-2-3-6-11(10)16-9)14(18)17-8-4-7-12(17)15(19)20/h2-3,5-6,12,16H,4,7-8H2,1H3,(H,19,20). The number of carboxylic acid groups (broad SMARTS) is 1. The summed E-state index contributed by atoms with van der Waals surface area (Å²) in [6.07, 6.45) is 1.27. The number of carboxylic acids is 1. The lowest BCUT2D eigenvalue weighted by atomic mass is 10.1. The van der Waals surface area contributed by atoms with Crippen molar-refractivity contribution in [3.63, 3.8) is 0 Å². The molecule has 0 spiro atoms. The van der Waals surface area contributed by atoms with Crippen LogP contribution in [-0.4, -0.2) is 39.5 Å². The monoisotopic (exact) mass is 272 g/mol. The Morgan fingerprint density at radius 2 is 2.10 bits per heavy atom. The molecule has 2 heterocycles. The number of carbonyl (C=O) groups is 2. The molecule has 1 aliphatic rings. The number of fused-ring (bicyclic) bond motifs is 1. The fraction of sp³-hybridized carbons (Fsp3) is 0.333. The van der Waals surface area contributed by atoms with Gasteiger partial charge in [-0.05, 0) is 25.8 Å². The first-order valence-electron chi connectivity index (χ1n) is 6.70. The third kappa shape index (κ3) is 1.86. The SMILES string of the molecule is Cc1[nH]c2ccccc2c1C(=O)N1CCCC1C(=O)O. The molecule has 0 saturated carbocycles. The largest absolute Gasteiger partial charge is 0.480 e. The van der Waals surface area contributed by atoms with Gasteiger partial charge in [0.25, 0.3) is 5.91 Å². The number of rotatable bonds is 2. The number of aliphatic carboxylic acids is 1. The number of aromatic nitrogens is 1. The van der Waals surface area contributed by atoms with Crippen LogP contribution in [0.1, 0.15) is 28.9 Å². The van der Waals surface area contributed by atoms with Gasteiger partial charge in [-0.25, -0.2) is 4.79 Å². The Morgan fingerprint density at radius 1 is 1.35 bits per heavy atom. The summed E-state index contributed by atoms with van der Waals surface area (Å²) in [5, 5.41) is 10.1. The Morgan fingerprint density at radius 3 is 2.85 bits per heavy atom. The highest BCUT2D eigenvalue weighted by Gasteiger charge is 2.35. The summed E-state index contributed by atoms with van der Waals surface area (Å²) < 4.78 is 0. The van der Waals surface area contributed by atoms with E-state index in [1.807, 2.05) is 31.2 Å². The molecule has 1 fully saturated rings. The van der Waals surface area contributed by atoms with Gasteiger partial charge in [0.1, 0.15) is 6.04 Å². The number of aromatic amines is 1. The zero-order valence-electron chi connectivity index (χ0n) is 11.2.